The number of halogens is 3. The van der Waals surface area contributed by atoms with E-state index in [0.717, 1.165) is 6.07 Å². The van der Waals surface area contributed by atoms with Gasteiger partial charge in [-0.15, -0.1) is 0 Å². The highest BCUT2D eigenvalue weighted by molar-refractivity contribution is 5.92. The molecule has 0 saturated heterocycles. The summed E-state index contributed by atoms with van der Waals surface area (Å²) in [6.07, 6.45) is -4.56. The zero-order valence-electron chi connectivity index (χ0n) is 12.9. The first-order valence-corrected chi connectivity index (χ1v) is 7.16. The van der Waals surface area contributed by atoms with Gasteiger partial charge in [0.15, 0.2) is 0 Å². The van der Waals surface area contributed by atoms with Crippen molar-refractivity contribution in [2.75, 3.05) is 13.2 Å². The first kappa shape index (κ1) is 18.8. The van der Waals surface area contributed by atoms with Gasteiger partial charge in [0.1, 0.15) is 6.61 Å². The van der Waals surface area contributed by atoms with Gasteiger partial charge in [-0.2, -0.15) is 13.2 Å². The van der Waals surface area contributed by atoms with Crippen LogP contribution in [0.25, 0.3) is 5.57 Å². The largest absolute Gasteiger partial charge is 0.466 e. The predicted octanol–water partition coefficient (Wildman–Crippen LogP) is 4.05. The van der Waals surface area contributed by atoms with Gasteiger partial charge in [-0.1, -0.05) is 18.2 Å². The molecule has 0 aliphatic rings. The zero-order chi connectivity index (χ0) is 17.3. The lowest BCUT2D eigenvalue weighted by Gasteiger charge is -2.13. The molecule has 0 unspecified atom stereocenters. The second kappa shape index (κ2) is 9.00. The van der Waals surface area contributed by atoms with Crippen LogP contribution in [0, 0.1) is 0 Å². The van der Waals surface area contributed by atoms with E-state index in [9.17, 15) is 18.0 Å². The van der Waals surface area contributed by atoms with Gasteiger partial charge in [-0.25, -0.2) is 0 Å². The van der Waals surface area contributed by atoms with Crippen molar-refractivity contribution in [3.8, 4) is 0 Å². The van der Waals surface area contributed by atoms with Crippen LogP contribution < -0.4 is 0 Å². The summed E-state index contributed by atoms with van der Waals surface area (Å²) in [6.45, 7) is 3.82. The van der Waals surface area contributed by atoms with Crippen LogP contribution in [0.15, 0.2) is 29.4 Å². The number of ether oxygens (including phenoxy) is 1. The smallest absolute Gasteiger partial charge is 0.417 e. The topological polar surface area (TPSA) is 47.9 Å². The van der Waals surface area contributed by atoms with Crippen LogP contribution in [0.1, 0.15) is 37.8 Å². The highest BCUT2D eigenvalue weighted by Gasteiger charge is 2.33. The summed E-state index contributed by atoms with van der Waals surface area (Å²) in [5.41, 5.74) is -0.745. The fourth-order valence-corrected chi connectivity index (χ4v) is 1.86. The number of rotatable bonds is 7. The Morgan fingerprint density at radius 2 is 1.87 bits per heavy atom. The summed E-state index contributed by atoms with van der Waals surface area (Å²) in [4.78, 5) is 16.2. The van der Waals surface area contributed by atoms with E-state index in [2.05, 4.69) is 11.0 Å². The van der Waals surface area contributed by atoms with Crippen LogP contribution in [0.5, 0.6) is 0 Å². The van der Waals surface area contributed by atoms with Gasteiger partial charge in [0.25, 0.3) is 0 Å². The highest BCUT2D eigenvalue weighted by atomic mass is 19.4. The Kier molecular flexibility index (Phi) is 7.35. The fraction of sp³-hybridized carbons (Fsp3) is 0.438. The number of nitrogens with zero attached hydrogens (tertiary/aromatic N) is 1. The van der Waals surface area contributed by atoms with Crippen molar-refractivity contribution in [1.82, 2.24) is 0 Å². The average Bonchev–Trinajstić information content (AvgIpc) is 2.50. The van der Waals surface area contributed by atoms with Gasteiger partial charge in [-0.05, 0) is 37.1 Å². The molecule has 4 nitrogen and oxygen atoms in total. The Morgan fingerprint density at radius 3 is 2.48 bits per heavy atom. The van der Waals surface area contributed by atoms with Crippen LogP contribution >= 0.6 is 0 Å². The number of carbonyl (C=O) groups excluding carboxylic acids is 1. The number of hydrogen-bond acceptors (Lipinski definition) is 4. The Bertz CT molecular complexity index is 590. The average molecular weight is 329 g/mol. The minimum Gasteiger partial charge on any atom is -0.466 e. The van der Waals surface area contributed by atoms with Crippen molar-refractivity contribution in [3.05, 3.63) is 35.4 Å². The highest BCUT2D eigenvalue weighted by Crippen LogP contribution is 2.35. The van der Waals surface area contributed by atoms with E-state index < -0.39 is 17.7 Å². The van der Waals surface area contributed by atoms with E-state index in [1.165, 1.54) is 18.2 Å². The van der Waals surface area contributed by atoms with E-state index >= 15 is 0 Å². The van der Waals surface area contributed by atoms with Gasteiger partial charge < -0.3 is 9.57 Å². The molecule has 0 radical (unpaired) electrons. The summed E-state index contributed by atoms with van der Waals surface area (Å²) in [5.74, 6) is 1.97. The summed E-state index contributed by atoms with van der Waals surface area (Å²) < 4.78 is 44.2. The minimum absolute atomic E-state index is 0.0164. The Balaban J connectivity index is 3.16. The molecule has 0 saturated carbocycles. The molecule has 0 fully saturated rings. The molecule has 0 aromatic heterocycles. The number of esters is 1. The first-order chi connectivity index (χ1) is 10.9. The van der Waals surface area contributed by atoms with Crippen LogP contribution in [0.2, 0.25) is 0 Å². The van der Waals surface area contributed by atoms with Crippen molar-refractivity contribution in [1.29, 1.82) is 0 Å². The third-order valence-electron chi connectivity index (χ3n) is 2.82. The zero-order valence-corrected chi connectivity index (χ0v) is 12.9. The number of carbonyl (C=O) groups is 1. The van der Waals surface area contributed by atoms with Crippen molar-refractivity contribution in [2.45, 2.75) is 32.9 Å². The molecule has 0 aliphatic heterocycles. The molecule has 23 heavy (non-hydrogen) atoms. The van der Waals surface area contributed by atoms with Crippen molar-refractivity contribution in [2.24, 2.45) is 5.16 Å². The molecule has 0 N–H and O–H groups in total. The summed E-state index contributed by atoms with van der Waals surface area (Å²) >= 11 is 0. The minimum atomic E-state index is -4.51. The molecule has 1 rings (SSSR count). The van der Waals surface area contributed by atoms with Crippen LogP contribution in [-0.4, -0.2) is 25.1 Å². The SMILES string of the molecule is CCON=C=C(CCC(=O)OCC)c1ccccc1C(F)(F)F. The molecule has 1 aromatic rings. The van der Waals surface area contributed by atoms with E-state index in [-0.39, 0.29) is 37.2 Å². The van der Waals surface area contributed by atoms with Gasteiger partial charge >= 0.3 is 12.1 Å². The molecular formula is C16H18F3NO3. The number of benzene rings is 1. The Morgan fingerprint density at radius 1 is 1.17 bits per heavy atom. The standard InChI is InChI=1S/C16H18F3NO3/c1-3-22-15(21)10-9-12(11-20-23-4-2)13-7-5-6-8-14(13)16(17,18)19/h5-8H,3-4,9-10H2,1-2H3. The lowest BCUT2D eigenvalue weighted by atomic mass is 9.97. The third kappa shape index (κ3) is 6.16. The molecule has 0 aliphatic carbocycles. The molecule has 0 bridgehead atoms. The van der Waals surface area contributed by atoms with Crippen molar-refractivity contribution < 1.29 is 27.5 Å². The quantitative estimate of drug-likeness (QED) is 0.431. The Hall–Kier alpha value is -2.27. The van der Waals surface area contributed by atoms with Crippen molar-refractivity contribution >= 4 is 17.4 Å². The van der Waals surface area contributed by atoms with E-state index in [1.54, 1.807) is 13.8 Å². The maximum Gasteiger partial charge on any atom is 0.417 e. The first-order valence-electron chi connectivity index (χ1n) is 7.16. The molecule has 1 aromatic carbocycles. The van der Waals surface area contributed by atoms with Crippen molar-refractivity contribution in [3.63, 3.8) is 0 Å². The molecule has 0 amide bonds. The monoisotopic (exact) mass is 329 g/mol. The summed E-state index contributed by atoms with van der Waals surface area (Å²) in [6, 6.07) is 5.08. The molecule has 7 heteroatoms. The van der Waals surface area contributed by atoms with E-state index in [4.69, 9.17) is 9.57 Å². The van der Waals surface area contributed by atoms with Gasteiger partial charge in [0.2, 0.25) is 0 Å². The normalized spacial score (nSPS) is 10.7. The number of hydrogen-bond donors (Lipinski definition) is 0. The summed E-state index contributed by atoms with van der Waals surface area (Å²) in [7, 11) is 0. The lowest BCUT2D eigenvalue weighted by Crippen LogP contribution is -2.10. The summed E-state index contributed by atoms with van der Waals surface area (Å²) in [5, 5.41) is 3.51. The number of alkyl halides is 3. The van der Waals surface area contributed by atoms with Gasteiger partial charge in [0, 0.05) is 11.4 Å². The van der Waals surface area contributed by atoms with Crippen LogP contribution in [0.4, 0.5) is 13.2 Å². The van der Waals surface area contributed by atoms with E-state index in [1.807, 2.05) is 0 Å². The molecule has 0 spiro atoms. The maximum absolute atomic E-state index is 13.1. The van der Waals surface area contributed by atoms with E-state index in [0.29, 0.717) is 0 Å². The molecule has 0 heterocycles. The third-order valence-corrected chi connectivity index (χ3v) is 2.82. The maximum atomic E-state index is 13.1. The fourth-order valence-electron chi connectivity index (χ4n) is 1.86. The molecule has 126 valence electrons. The lowest BCUT2D eigenvalue weighted by molar-refractivity contribution is -0.143. The molecular weight excluding hydrogens is 311 g/mol. The Labute approximate surface area is 132 Å². The second-order valence-corrected chi connectivity index (χ2v) is 4.45. The second-order valence-electron chi connectivity index (χ2n) is 4.45. The van der Waals surface area contributed by atoms with Gasteiger partial charge in [0.05, 0.1) is 18.6 Å². The predicted molar refractivity (Wildman–Crippen MR) is 79.8 cm³/mol. The van der Waals surface area contributed by atoms with Gasteiger partial charge in [-0.3, -0.25) is 4.79 Å². The van der Waals surface area contributed by atoms with Crippen LogP contribution in [-0.2, 0) is 20.5 Å². The van der Waals surface area contributed by atoms with Crippen LogP contribution in [0.3, 0.4) is 0 Å². The number of allylic oxidation sites excluding steroid dienone is 1. The molecule has 0 atom stereocenters.